The minimum Gasteiger partial charge on any atom is -0.395 e. The Morgan fingerprint density at radius 1 is 1.00 bits per heavy atom. The van der Waals surface area contributed by atoms with Gasteiger partial charge in [-0.15, -0.1) is 0 Å². The predicted octanol–water partition coefficient (Wildman–Crippen LogP) is 2.22. The van der Waals surface area contributed by atoms with Gasteiger partial charge in [0.2, 0.25) is 11.8 Å². The first kappa shape index (κ1) is 26.1. The van der Waals surface area contributed by atoms with E-state index in [0.717, 1.165) is 25.7 Å². The molecule has 0 aromatic heterocycles. The first-order chi connectivity index (χ1) is 14.8. The summed E-state index contributed by atoms with van der Waals surface area (Å²) in [5.41, 5.74) is 0. The first-order valence-electron chi connectivity index (χ1n) is 12.3. The monoisotopic (exact) mass is 440 g/mol. The van der Waals surface area contributed by atoms with Crippen LogP contribution in [-0.2, 0) is 9.59 Å². The molecule has 2 amide bonds. The van der Waals surface area contributed by atoms with Gasteiger partial charge in [-0.1, -0.05) is 46.0 Å². The van der Waals surface area contributed by atoms with Crippen molar-refractivity contribution in [3.05, 3.63) is 0 Å². The molecular formula is C24H44N2O5. The number of rotatable bonds is 14. The van der Waals surface area contributed by atoms with E-state index in [9.17, 15) is 19.8 Å². The fraction of sp³-hybridized carbons (Fsp3) is 0.917. The third-order valence-corrected chi connectivity index (χ3v) is 6.67. The predicted molar refractivity (Wildman–Crippen MR) is 120 cm³/mol. The average Bonchev–Trinajstić information content (AvgIpc) is 3.57. The van der Waals surface area contributed by atoms with Crippen LogP contribution in [0.2, 0.25) is 0 Å². The van der Waals surface area contributed by atoms with Crippen LogP contribution in [0.5, 0.6) is 0 Å². The van der Waals surface area contributed by atoms with Gasteiger partial charge in [-0.2, -0.15) is 0 Å². The molecule has 0 bridgehead atoms. The Morgan fingerprint density at radius 2 is 1.68 bits per heavy atom. The zero-order valence-corrected chi connectivity index (χ0v) is 19.5. The number of hydrogen-bond donors (Lipinski definition) is 4. The molecule has 0 spiro atoms. The highest BCUT2D eigenvalue weighted by Crippen LogP contribution is 2.35. The molecule has 2 saturated carbocycles. The lowest BCUT2D eigenvalue weighted by Gasteiger charge is -2.40. The van der Waals surface area contributed by atoms with E-state index in [4.69, 9.17) is 5.11 Å². The number of carbonyl (C=O) groups excluding carboxylic acids is 2. The third-order valence-electron chi connectivity index (χ3n) is 6.67. The number of aliphatic hydroxyl groups excluding tert-OH is 3. The van der Waals surface area contributed by atoms with Gasteiger partial charge in [0.15, 0.2) is 0 Å². The Hall–Kier alpha value is -1.18. The third kappa shape index (κ3) is 9.46. The molecule has 2 aliphatic carbocycles. The van der Waals surface area contributed by atoms with E-state index in [-0.39, 0.29) is 43.7 Å². The number of carbonyl (C=O) groups is 2. The number of amides is 2. The summed E-state index contributed by atoms with van der Waals surface area (Å²) in [6.07, 6.45) is 7.52. The zero-order chi connectivity index (χ0) is 22.8. The van der Waals surface area contributed by atoms with Gasteiger partial charge >= 0.3 is 0 Å². The summed E-state index contributed by atoms with van der Waals surface area (Å²) in [6.45, 7) is 4.69. The second kappa shape index (κ2) is 13.4. The Bertz CT molecular complexity index is 546. The molecule has 7 heteroatoms. The van der Waals surface area contributed by atoms with Crippen molar-refractivity contribution in [2.24, 2.45) is 17.8 Å². The van der Waals surface area contributed by atoms with Crippen LogP contribution in [0.3, 0.4) is 0 Å². The van der Waals surface area contributed by atoms with Crippen molar-refractivity contribution in [1.82, 2.24) is 10.2 Å². The average molecular weight is 441 g/mol. The molecule has 31 heavy (non-hydrogen) atoms. The van der Waals surface area contributed by atoms with Gasteiger partial charge < -0.3 is 25.5 Å². The van der Waals surface area contributed by atoms with E-state index in [1.165, 1.54) is 19.3 Å². The molecule has 4 N–H and O–H groups in total. The second-order valence-corrected chi connectivity index (χ2v) is 10.1. The van der Waals surface area contributed by atoms with Crippen LogP contribution in [-0.4, -0.2) is 70.0 Å². The van der Waals surface area contributed by atoms with Crippen molar-refractivity contribution in [1.29, 1.82) is 0 Å². The summed E-state index contributed by atoms with van der Waals surface area (Å²) in [6, 6.07) is -0.412. The normalized spacial score (nSPS) is 20.3. The van der Waals surface area contributed by atoms with Crippen LogP contribution < -0.4 is 5.32 Å². The topological polar surface area (TPSA) is 110 Å². The molecule has 0 saturated heterocycles. The molecule has 0 aliphatic heterocycles. The van der Waals surface area contributed by atoms with Crippen LogP contribution in [0, 0.1) is 17.8 Å². The van der Waals surface area contributed by atoms with Crippen LogP contribution >= 0.6 is 0 Å². The van der Waals surface area contributed by atoms with Gasteiger partial charge in [-0.3, -0.25) is 9.59 Å². The molecule has 0 aromatic carbocycles. The molecule has 0 aromatic rings. The molecule has 0 radical (unpaired) electrons. The van der Waals surface area contributed by atoms with Crippen molar-refractivity contribution in [2.45, 2.75) is 103 Å². The lowest BCUT2D eigenvalue weighted by molar-refractivity contribution is -0.141. The lowest BCUT2D eigenvalue weighted by Crippen LogP contribution is -2.53. The quantitative estimate of drug-likeness (QED) is 0.331. The zero-order valence-electron chi connectivity index (χ0n) is 19.5. The Labute approximate surface area is 187 Å². The number of nitrogens with zero attached hydrogens (tertiary/aromatic N) is 1. The summed E-state index contributed by atoms with van der Waals surface area (Å²) < 4.78 is 0. The summed E-state index contributed by atoms with van der Waals surface area (Å²) in [7, 11) is 0. The Morgan fingerprint density at radius 3 is 2.26 bits per heavy atom. The van der Waals surface area contributed by atoms with Gasteiger partial charge in [-0.05, 0) is 43.4 Å². The Kier molecular flexibility index (Phi) is 11.3. The van der Waals surface area contributed by atoms with Gasteiger partial charge in [-0.25, -0.2) is 0 Å². The fourth-order valence-corrected chi connectivity index (χ4v) is 4.74. The highest BCUT2D eigenvalue weighted by atomic mass is 16.3. The smallest absolute Gasteiger partial charge is 0.223 e. The summed E-state index contributed by atoms with van der Waals surface area (Å²) in [5.74, 6) is 0.793. The molecule has 2 fully saturated rings. The van der Waals surface area contributed by atoms with E-state index < -0.39 is 18.2 Å². The highest BCUT2D eigenvalue weighted by molar-refractivity contribution is 5.84. The van der Waals surface area contributed by atoms with Crippen molar-refractivity contribution in [3.8, 4) is 0 Å². The SMILES string of the molecule is CC(C)C[C@H](O)[C@H](O)[C@H](CC1CCCCC1)N(CC1CC1)C(=O)CCC(=O)NCCO. The molecule has 0 heterocycles. The van der Waals surface area contributed by atoms with E-state index in [2.05, 4.69) is 5.32 Å². The van der Waals surface area contributed by atoms with Crippen molar-refractivity contribution >= 4 is 11.8 Å². The van der Waals surface area contributed by atoms with Gasteiger partial charge in [0.05, 0.1) is 18.8 Å². The molecule has 180 valence electrons. The second-order valence-electron chi connectivity index (χ2n) is 10.1. The molecule has 7 nitrogen and oxygen atoms in total. The fourth-order valence-electron chi connectivity index (χ4n) is 4.74. The minimum atomic E-state index is -0.977. The maximum atomic E-state index is 13.2. The summed E-state index contributed by atoms with van der Waals surface area (Å²) >= 11 is 0. The maximum absolute atomic E-state index is 13.2. The molecule has 3 atom stereocenters. The number of nitrogens with one attached hydrogen (secondary N) is 1. The highest BCUT2D eigenvalue weighted by Gasteiger charge is 2.38. The first-order valence-corrected chi connectivity index (χ1v) is 12.3. The number of hydrogen-bond acceptors (Lipinski definition) is 5. The van der Waals surface area contributed by atoms with Gasteiger partial charge in [0.25, 0.3) is 0 Å². The molecule has 0 unspecified atom stereocenters. The van der Waals surface area contributed by atoms with E-state index in [1.54, 1.807) is 4.90 Å². The van der Waals surface area contributed by atoms with Gasteiger partial charge in [0, 0.05) is 25.9 Å². The lowest BCUT2D eigenvalue weighted by atomic mass is 9.81. The van der Waals surface area contributed by atoms with Crippen LogP contribution in [0.15, 0.2) is 0 Å². The summed E-state index contributed by atoms with van der Waals surface area (Å²) in [4.78, 5) is 26.9. The van der Waals surface area contributed by atoms with E-state index in [1.807, 2.05) is 13.8 Å². The van der Waals surface area contributed by atoms with Crippen LogP contribution in [0.1, 0.15) is 84.5 Å². The van der Waals surface area contributed by atoms with E-state index >= 15 is 0 Å². The van der Waals surface area contributed by atoms with E-state index in [0.29, 0.717) is 31.2 Å². The summed E-state index contributed by atoms with van der Waals surface area (Å²) in [5, 5.41) is 33.3. The van der Waals surface area contributed by atoms with Crippen LogP contribution in [0.4, 0.5) is 0 Å². The molecular weight excluding hydrogens is 396 g/mol. The molecule has 2 rings (SSSR count). The van der Waals surface area contributed by atoms with Crippen LogP contribution in [0.25, 0.3) is 0 Å². The van der Waals surface area contributed by atoms with Crippen molar-refractivity contribution in [3.63, 3.8) is 0 Å². The minimum absolute atomic E-state index is 0.0702. The number of aliphatic hydroxyl groups is 3. The Balaban J connectivity index is 2.12. The molecule has 2 aliphatic rings. The van der Waals surface area contributed by atoms with Crippen molar-refractivity contribution < 1.29 is 24.9 Å². The van der Waals surface area contributed by atoms with Gasteiger partial charge in [0.1, 0.15) is 6.10 Å². The maximum Gasteiger partial charge on any atom is 0.223 e. The largest absolute Gasteiger partial charge is 0.395 e. The van der Waals surface area contributed by atoms with Crippen molar-refractivity contribution in [2.75, 3.05) is 19.7 Å². The standard InChI is InChI=1S/C24H44N2O5/c1-17(2)14-21(28)24(31)20(15-18-6-4-3-5-7-18)26(16-19-8-9-19)23(30)11-10-22(29)25-12-13-27/h17-21,24,27-28,31H,3-16H2,1-2H3,(H,25,29)/t20-,21-,24+/m0/s1.